The Labute approximate surface area is 226 Å². The van der Waals surface area contributed by atoms with Crippen molar-refractivity contribution in [1.82, 2.24) is 24.4 Å². The zero-order valence-electron chi connectivity index (χ0n) is 21.9. The predicted octanol–water partition coefficient (Wildman–Crippen LogP) is 5.46. The van der Waals surface area contributed by atoms with Crippen molar-refractivity contribution < 1.29 is 9.53 Å². The summed E-state index contributed by atoms with van der Waals surface area (Å²) >= 11 is 0. The lowest BCUT2D eigenvalue weighted by molar-refractivity contribution is -0.133. The van der Waals surface area contributed by atoms with Gasteiger partial charge in [0.05, 0.1) is 18.1 Å². The Bertz CT molecular complexity index is 1690. The minimum absolute atomic E-state index is 0.122. The maximum Gasteiger partial charge on any atom is 0.225 e. The van der Waals surface area contributed by atoms with Crippen molar-refractivity contribution in [2.75, 3.05) is 25.5 Å². The molecule has 1 aliphatic heterocycles. The van der Waals surface area contributed by atoms with Crippen LogP contribution in [0.5, 0.6) is 5.75 Å². The number of hydrogen-bond donors (Lipinski definition) is 1. The van der Waals surface area contributed by atoms with Gasteiger partial charge in [-0.2, -0.15) is 4.98 Å². The van der Waals surface area contributed by atoms with Crippen LogP contribution in [0, 0.1) is 5.92 Å². The molecule has 3 heterocycles. The minimum Gasteiger partial charge on any atom is -0.497 e. The van der Waals surface area contributed by atoms with E-state index in [1.165, 1.54) is 5.39 Å². The van der Waals surface area contributed by atoms with E-state index in [1.807, 2.05) is 41.3 Å². The summed E-state index contributed by atoms with van der Waals surface area (Å²) in [5.41, 5.74) is 2.76. The molecular formula is C31H30N6O2. The first-order valence-corrected chi connectivity index (χ1v) is 13.6. The van der Waals surface area contributed by atoms with Gasteiger partial charge in [0.1, 0.15) is 17.4 Å². The Balaban J connectivity index is 1.27. The number of rotatable bonds is 6. The van der Waals surface area contributed by atoms with Crippen molar-refractivity contribution >= 4 is 33.7 Å². The molecular weight excluding hydrogens is 488 g/mol. The molecule has 8 nitrogen and oxygen atoms in total. The number of benzene rings is 3. The molecule has 2 aromatic heterocycles. The average Bonchev–Trinajstić information content (AvgIpc) is 3.76. The minimum atomic E-state index is 0.122. The van der Waals surface area contributed by atoms with Gasteiger partial charge in [-0.25, -0.2) is 9.97 Å². The Kier molecular flexibility index (Phi) is 5.87. The number of piperidine rings is 1. The van der Waals surface area contributed by atoms with Crippen LogP contribution in [0.2, 0.25) is 0 Å². The van der Waals surface area contributed by atoms with Gasteiger partial charge in [-0.05, 0) is 60.7 Å². The number of nitrogens with zero attached hydrogens (tertiary/aromatic N) is 5. The molecule has 2 aliphatic rings. The third-order valence-electron chi connectivity index (χ3n) is 7.73. The molecule has 196 valence electrons. The van der Waals surface area contributed by atoms with Gasteiger partial charge in [0, 0.05) is 42.9 Å². The number of fused-ring (bicyclic) bond motifs is 2. The summed E-state index contributed by atoms with van der Waals surface area (Å²) in [5.74, 6) is 3.36. The van der Waals surface area contributed by atoms with Crippen molar-refractivity contribution in [2.24, 2.45) is 5.92 Å². The first-order valence-electron chi connectivity index (χ1n) is 13.6. The average molecular weight is 519 g/mol. The highest BCUT2D eigenvalue weighted by atomic mass is 16.5. The van der Waals surface area contributed by atoms with E-state index in [0.717, 1.165) is 65.8 Å². The van der Waals surface area contributed by atoms with Gasteiger partial charge >= 0.3 is 0 Å². The largest absolute Gasteiger partial charge is 0.497 e. The van der Waals surface area contributed by atoms with E-state index in [1.54, 1.807) is 13.3 Å². The number of carbonyl (C=O) groups is 1. The van der Waals surface area contributed by atoms with Crippen LogP contribution in [0.3, 0.4) is 0 Å². The maximum absolute atomic E-state index is 12.6. The van der Waals surface area contributed by atoms with Crippen LogP contribution in [-0.2, 0) is 4.79 Å². The fourth-order valence-electron chi connectivity index (χ4n) is 5.55. The molecule has 2 fully saturated rings. The molecule has 1 aliphatic carbocycles. The van der Waals surface area contributed by atoms with Gasteiger partial charge in [0.15, 0.2) is 0 Å². The van der Waals surface area contributed by atoms with E-state index in [4.69, 9.17) is 14.7 Å². The SMILES string of the molecule is COc1ccc2nc(-c3ccc4ccccc4c3)n(-c3ccnc(N[C@@H]4CCCN(C(=O)C5CC5)C4)n3)c2c1. The normalized spacial score (nSPS) is 17.5. The number of anilines is 1. The van der Waals surface area contributed by atoms with Crippen LogP contribution in [0.4, 0.5) is 5.95 Å². The van der Waals surface area contributed by atoms with E-state index in [-0.39, 0.29) is 12.0 Å². The Morgan fingerprint density at radius 1 is 0.974 bits per heavy atom. The molecule has 1 saturated heterocycles. The Morgan fingerprint density at radius 2 is 1.85 bits per heavy atom. The summed E-state index contributed by atoms with van der Waals surface area (Å²) in [6.45, 7) is 1.53. The highest BCUT2D eigenvalue weighted by Crippen LogP contribution is 2.33. The van der Waals surface area contributed by atoms with Crippen molar-refractivity contribution in [3.63, 3.8) is 0 Å². The van der Waals surface area contributed by atoms with Crippen LogP contribution in [0.25, 0.3) is 39.0 Å². The fraction of sp³-hybridized carbons (Fsp3) is 0.290. The summed E-state index contributed by atoms with van der Waals surface area (Å²) < 4.78 is 7.61. The number of amides is 1. The van der Waals surface area contributed by atoms with Gasteiger partial charge < -0.3 is 15.0 Å². The van der Waals surface area contributed by atoms with Crippen LogP contribution in [0.1, 0.15) is 25.7 Å². The first-order chi connectivity index (χ1) is 19.2. The number of ether oxygens (including phenoxy) is 1. The van der Waals surface area contributed by atoms with E-state index in [0.29, 0.717) is 24.2 Å². The molecule has 1 atom stereocenters. The lowest BCUT2D eigenvalue weighted by Gasteiger charge is -2.33. The lowest BCUT2D eigenvalue weighted by Crippen LogP contribution is -2.45. The summed E-state index contributed by atoms with van der Waals surface area (Å²) in [5, 5.41) is 5.84. The van der Waals surface area contributed by atoms with Crippen molar-refractivity contribution in [2.45, 2.75) is 31.7 Å². The molecule has 7 rings (SSSR count). The molecule has 1 amide bonds. The number of nitrogens with one attached hydrogen (secondary N) is 1. The number of aromatic nitrogens is 4. The lowest BCUT2D eigenvalue weighted by atomic mass is 10.1. The predicted molar refractivity (Wildman–Crippen MR) is 152 cm³/mol. The molecule has 0 spiro atoms. The number of carbonyl (C=O) groups excluding carboxylic acids is 1. The van der Waals surface area contributed by atoms with E-state index in [9.17, 15) is 4.79 Å². The second-order valence-corrected chi connectivity index (χ2v) is 10.5. The van der Waals surface area contributed by atoms with E-state index >= 15 is 0 Å². The van der Waals surface area contributed by atoms with Gasteiger partial charge in [-0.1, -0.05) is 36.4 Å². The second kappa shape index (κ2) is 9.69. The molecule has 3 aromatic carbocycles. The molecule has 1 saturated carbocycles. The number of imidazole rings is 1. The van der Waals surface area contributed by atoms with Gasteiger partial charge in [0.2, 0.25) is 11.9 Å². The first kappa shape index (κ1) is 23.6. The number of hydrogen-bond acceptors (Lipinski definition) is 6. The van der Waals surface area contributed by atoms with E-state index < -0.39 is 0 Å². The molecule has 5 aromatic rings. The van der Waals surface area contributed by atoms with Gasteiger partial charge in [-0.15, -0.1) is 0 Å². The van der Waals surface area contributed by atoms with Crippen molar-refractivity contribution in [3.8, 4) is 23.0 Å². The Hall–Kier alpha value is -4.46. The van der Waals surface area contributed by atoms with Crippen molar-refractivity contribution in [3.05, 3.63) is 72.9 Å². The molecule has 0 bridgehead atoms. The third kappa shape index (κ3) is 4.56. The van der Waals surface area contributed by atoms with Crippen molar-refractivity contribution in [1.29, 1.82) is 0 Å². The zero-order valence-corrected chi connectivity index (χ0v) is 21.9. The number of methoxy groups -OCH3 is 1. The van der Waals surface area contributed by atoms with Crippen LogP contribution >= 0.6 is 0 Å². The molecule has 0 unspecified atom stereocenters. The molecule has 8 heteroatoms. The fourth-order valence-corrected chi connectivity index (χ4v) is 5.55. The zero-order chi connectivity index (χ0) is 26.3. The summed E-state index contributed by atoms with van der Waals surface area (Å²) in [7, 11) is 1.67. The van der Waals surface area contributed by atoms with Gasteiger partial charge in [-0.3, -0.25) is 9.36 Å². The van der Waals surface area contributed by atoms with Crippen LogP contribution in [0.15, 0.2) is 72.9 Å². The summed E-state index contributed by atoms with van der Waals surface area (Å²) in [4.78, 5) is 29.1. The molecule has 39 heavy (non-hydrogen) atoms. The number of likely N-dealkylation sites (tertiary alicyclic amines) is 1. The van der Waals surface area contributed by atoms with Gasteiger partial charge in [0.25, 0.3) is 0 Å². The van der Waals surface area contributed by atoms with Crippen LogP contribution in [-0.4, -0.2) is 56.6 Å². The molecule has 1 N–H and O–H groups in total. The quantitative estimate of drug-likeness (QED) is 0.321. The maximum atomic E-state index is 12.6. The topological polar surface area (TPSA) is 85.2 Å². The summed E-state index contributed by atoms with van der Waals surface area (Å²) in [6, 6.07) is 22.6. The molecule has 0 radical (unpaired) electrons. The summed E-state index contributed by atoms with van der Waals surface area (Å²) in [6.07, 6.45) is 5.80. The van der Waals surface area contributed by atoms with Crippen LogP contribution < -0.4 is 10.1 Å². The van der Waals surface area contributed by atoms with E-state index in [2.05, 4.69) is 45.2 Å². The Morgan fingerprint density at radius 3 is 2.69 bits per heavy atom. The smallest absolute Gasteiger partial charge is 0.225 e. The monoisotopic (exact) mass is 518 g/mol. The standard InChI is InChI=1S/C31H30N6O2/c1-39-25-12-13-26-27(18-25)37(29(34-26)23-11-8-20-5-2-3-6-22(20)17-23)28-14-15-32-31(35-28)33-24-7-4-16-36(19-24)30(38)21-9-10-21/h2-3,5-6,8,11-15,17-18,21,24H,4,7,9-10,16,19H2,1H3,(H,32,33,35)/t24-/m1/s1. The second-order valence-electron chi connectivity index (χ2n) is 10.5. The highest BCUT2D eigenvalue weighted by Gasteiger charge is 2.35. The third-order valence-corrected chi connectivity index (χ3v) is 7.73. The highest BCUT2D eigenvalue weighted by molar-refractivity contribution is 5.89.